The average molecular weight is 316 g/mol. The fourth-order valence-electron chi connectivity index (χ4n) is 3.14. The molecule has 124 valence electrons. The summed E-state index contributed by atoms with van der Waals surface area (Å²) in [6.45, 7) is 2.55. The van der Waals surface area contributed by atoms with Gasteiger partial charge in [-0.1, -0.05) is 26.2 Å². The number of aliphatic imine (C=N–C) groups is 1. The first kappa shape index (κ1) is 17.3. The number of hydrogen-bond donors (Lipinski definition) is 2. The molecule has 1 aliphatic carbocycles. The van der Waals surface area contributed by atoms with Crippen LogP contribution in [0.1, 0.15) is 50.2 Å². The lowest BCUT2D eigenvalue weighted by Crippen LogP contribution is -2.45. The Hall–Kier alpha value is -2.09. The van der Waals surface area contributed by atoms with Crippen molar-refractivity contribution in [2.45, 2.75) is 51.6 Å². The molecule has 0 spiro atoms. The van der Waals surface area contributed by atoms with E-state index in [0.717, 1.165) is 18.8 Å². The number of nitriles is 1. The highest BCUT2D eigenvalue weighted by molar-refractivity contribution is 5.80. The van der Waals surface area contributed by atoms with Gasteiger partial charge in [-0.05, 0) is 37.0 Å². The summed E-state index contributed by atoms with van der Waals surface area (Å²) in [5.41, 5.74) is 0.936. The molecule has 0 heterocycles. The summed E-state index contributed by atoms with van der Waals surface area (Å²) in [6.07, 6.45) is 6.08. The first-order valence-corrected chi connectivity index (χ1v) is 8.32. The van der Waals surface area contributed by atoms with Gasteiger partial charge in [-0.2, -0.15) is 5.26 Å². The Morgan fingerprint density at radius 3 is 2.96 bits per heavy atom. The van der Waals surface area contributed by atoms with E-state index < -0.39 is 0 Å². The fourth-order valence-corrected chi connectivity index (χ4v) is 3.14. The second kappa shape index (κ2) is 8.52. The predicted molar refractivity (Wildman–Crippen MR) is 90.5 cm³/mol. The van der Waals surface area contributed by atoms with E-state index in [4.69, 9.17) is 5.26 Å². The van der Waals surface area contributed by atoms with E-state index >= 15 is 0 Å². The van der Waals surface area contributed by atoms with Crippen molar-refractivity contribution in [1.29, 1.82) is 5.26 Å². The number of hydrogen-bond acceptors (Lipinski definition) is 2. The summed E-state index contributed by atoms with van der Waals surface area (Å²) in [4.78, 5) is 4.23. The maximum absolute atomic E-state index is 13.8. The Morgan fingerprint density at radius 2 is 2.26 bits per heavy atom. The summed E-state index contributed by atoms with van der Waals surface area (Å²) in [6, 6.07) is 6.85. The minimum atomic E-state index is -0.310. The van der Waals surface area contributed by atoms with Gasteiger partial charge in [-0.3, -0.25) is 4.99 Å². The van der Waals surface area contributed by atoms with Gasteiger partial charge in [-0.25, -0.2) is 4.39 Å². The maximum atomic E-state index is 13.8. The van der Waals surface area contributed by atoms with Crippen LogP contribution in [0.3, 0.4) is 0 Å². The van der Waals surface area contributed by atoms with Crippen molar-refractivity contribution in [2.75, 3.05) is 7.05 Å². The number of nitrogens with one attached hydrogen (secondary N) is 2. The standard InChI is InChI=1S/C18H25FN4/c1-3-13-5-4-6-16(10-13)23-18(21-2)22-12-15-9-14(11-20)7-8-17(15)19/h7-9,13,16H,3-6,10,12H2,1-2H3,(H2,21,22,23). The van der Waals surface area contributed by atoms with E-state index in [0.29, 0.717) is 29.7 Å². The Balaban J connectivity index is 1.92. The third kappa shape index (κ3) is 4.95. The van der Waals surface area contributed by atoms with Crippen LogP contribution in [0.25, 0.3) is 0 Å². The third-order valence-electron chi connectivity index (χ3n) is 4.55. The van der Waals surface area contributed by atoms with E-state index in [2.05, 4.69) is 22.5 Å². The van der Waals surface area contributed by atoms with E-state index in [-0.39, 0.29) is 5.82 Å². The van der Waals surface area contributed by atoms with Gasteiger partial charge in [0, 0.05) is 25.2 Å². The number of halogens is 1. The molecule has 0 bridgehead atoms. The van der Waals surface area contributed by atoms with Crippen LogP contribution in [0.2, 0.25) is 0 Å². The van der Waals surface area contributed by atoms with Gasteiger partial charge in [0.1, 0.15) is 5.82 Å². The van der Waals surface area contributed by atoms with E-state index in [1.54, 1.807) is 13.1 Å². The third-order valence-corrected chi connectivity index (χ3v) is 4.55. The molecule has 0 aliphatic heterocycles. The normalized spacial score (nSPS) is 21.6. The molecule has 0 amide bonds. The quantitative estimate of drug-likeness (QED) is 0.661. The molecule has 23 heavy (non-hydrogen) atoms. The molecule has 4 nitrogen and oxygen atoms in total. The number of benzene rings is 1. The second-order valence-electron chi connectivity index (χ2n) is 6.13. The molecular formula is C18H25FN4. The number of nitrogens with zero attached hydrogens (tertiary/aromatic N) is 2. The van der Waals surface area contributed by atoms with Crippen LogP contribution >= 0.6 is 0 Å². The van der Waals surface area contributed by atoms with Crippen molar-refractivity contribution in [3.05, 3.63) is 35.1 Å². The van der Waals surface area contributed by atoms with Crippen molar-refractivity contribution in [1.82, 2.24) is 10.6 Å². The molecule has 2 N–H and O–H groups in total. The van der Waals surface area contributed by atoms with Crippen molar-refractivity contribution in [3.8, 4) is 6.07 Å². The van der Waals surface area contributed by atoms with Crippen LogP contribution < -0.4 is 10.6 Å². The molecule has 0 radical (unpaired) electrons. The maximum Gasteiger partial charge on any atom is 0.191 e. The van der Waals surface area contributed by atoms with Gasteiger partial charge in [0.25, 0.3) is 0 Å². The minimum absolute atomic E-state index is 0.310. The van der Waals surface area contributed by atoms with Crippen LogP contribution in [0.15, 0.2) is 23.2 Å². The lowest BCUT2D eigenvalue weighted by atomic mass is 9.84. The lowest BCUT2D eigenvalue weighted by Gasteiger charge is -2.30. The summed E-state index contributed by atoms with van der Waals surface area (Å²) < 4.78 is 13.8. The smallest absolute Gasteiger partial charge is 0.191 e. The largest absolute Gasteiger partial charge is 0.354 e. The van der Waals surface area contributed by atoms with Gasteiger partial charge in [0.2, 0.25) is 0 Å². The van der Waals surface area contributed by atoms with Crippen LogP contribution in [0.4, 0.5) is 4.39 Å². The van der Waals surface area contributed by atoms with Gasteiger partial charge >= 0.3 is 0 Å². The zero-order valence-corrected chi connectivity index (χ0v) is 13.9. The summed E-state index contributed by atoms with van der Waals surface area (Å²) in [5, 5.41) is 15.5. The zero-order chi connectivity index (χ0) is 16.7. The lowest BCUT2D eigenvalue weighted by molar-refractivity contribution is 0.298. The van der Waals surface area contributed by atoms with E-state index in [1.807, 2.05) is 6.07 Å². The molecule has 1 fully saturated rings. The highest BCUT2D eigenvalue weighted by Crippen LogP contribution is 2.26. The monoisotopic (exact) mass is 316 g/mol. The molecule has 1 saturated carbocycles. The first-order chi connectivity index (χ1) is 11.2. The molecule has 0 aromatic heterocycles. The Labute approximate surface area is 137 Å². The van der Waals surface area contributed by atoms with Crippen LogP contribution in [0, 0.1) is 23.1 Å². The highest BCUT2D eigenvalue weighted by Gasteiger charge is 2.21. The van der Waals surface area contributed by atoms with E-state index in [1.165, 1.54) is 31.4 Å². The van der Waals surface area contributed by atoms with Crippen LogP contribution in [0.5, 0.6) is 0 Å². The fraction of sp³-hybridized carbons (Fsp3) is 0.556. The van der Waals surface area contributed by atoms with Crippen molar-refractivity contribution >= 4 is 5.96 Å². The van der Waals surface area contributed by atoms with Crippen LogP contribution in [-0.4, -0.2) is 19.0 Å². The Bertz CT molecular complexity index is 591. The average Bonchev–Trinajstić information content (AvgIpc) is 2.59. The van der Waals surface area contributed by atoms with E-state index in [9.17, 15) is 4.39 Å². The Morgan fingerprint density at radius 1 is 1.43 bits per heavy atom. The zero-order valence-electron chi connectivity index (χ0n) is 13.9. The van der Waals surface area contributed by atoms with Gasteiger partial charge in [-0.15, -0.1) is 0 Å². The van der Waals surface area contributed by atoms with Crippen molar-refractivity contribution < 1.29 is 4.39 Å². The molecule has 0 saturated heterocycles. The summed E-state index contributed by atoms with van der Waals surface area (Å²) in [5.74, 6) is 1.16. The molecule has 2 unspecified atom stereocenters. The van der Waals surface area contributed by atoms with Crippen molar-refractivity contribution in [2.24, 2.45) is 10.9 Å². The SMILES string of the molecule is CCC1CCCC(NC(=NC)NCc2cc(C#N)ccc2F)C1. The van der Waals surface area contributed by atoms with Gasteiger partial charge < -0.3 is 10.6 Å². The van der Waals surface area contributed by atoms with Gasteiger partial charge in [0.05, 0.1) is 11.6 Å². The highest BCUT2D eigenvalue weighted by atomic mass is 19.1. The summed E-state index contributed by atoms with van der Waals surface area (Å²) >= 11 is 0. The predicted octanol–water partition coefficient (Wildman–Crippen LogP) is 3.33. The number of guanidine groups is 1. The molecular weight excluding hydrogens is 291 g/mol. The molecule has 1 aromatic rings. The minimum Gasteiger partial charge on any atom is -0.354 e. The summed E-state index contributed by atoms with van der Waals surface area (Å²) in [7, 11) is 1.72. The van der Waals surface area contributed by atoms with Crippen LogP contribution in [-0.2, 0) is 6.54 Å². The Kier molecular flexibility index (Phi) is 6.40. The molecule has 1 aliphatic rings. The van der Waals surface area contributed by atoms with Crippen molar-refractivity contribution in [3.63, 3.8) is 0 Å². The second-order valence-corrected chi connectivity index (χ2v) is 6.13. The van der Waals surface area contributed by atoms with Gasteiger partial charge in [0.15, 0.2) is 5.96 Å². The molecule has 2 atom stereocenters. The first-order valence-electron chi connectivity index (χ1n) is 8.32. The number of rotatable bonds is 4. The molecule has 5 heteroatoms. The molecule has 1 aromatic carbocycles. The molecule has 2 rings (SSSR count). The topological polar surface area (TPSA) is 60.2 Å².